The van der Waals surface area contributed by atoms with Gasteiger partial charge in [0.05, 0.1) is 5.69 Å². The molecule has 0 aliphatic rings. The van der Waals surface area contributed by atoms with E-state index in [1.165, 1.54) is 0 Å². The Kier molecular flexibility index (Phi) is 3.55. The number of aromatic nitrogens is 5. The fourth-order valence-electron chi connectivity index (χ4n) is 2.03. The molecule has 0 aliphatic carbocycles. The Morgan fingerprint density at radius 2 is 1.77 bits per heavy atom. The van der Waals surface area contributed by atoms with Crippen molar-refractivity contribution in [1.29, 1.82) is 0 Å². The Bertz CT molecular complexity index is 901. The van der Waals surface area contributed by atoms with Gasteiger partial charge in [-0.2, -0.15) is 0 Å². The molecule has 0 unspecified atom stereocenters. The molecule has 2 heterocycles. The molecule has 0 amide bonds. The number of benzene rings is 1. The highest BCUT2D eigenvalue weighted by Crippen LogP contribution is 2.27. The van der Waals surface area contributed by atoms with Crippen molar-refractivity contribution in [3.05, 3.63) is 40.3 Å². The molecule has 7 nitrogen and oxygen atoms in total. The van der Waals surface area contributed by atoms with Crippen LogP contribution in [0.1, 0.15) is 0 Å². The highest BCUT2D eigenvalue weighted by molar-refractivity contribution is 7.71. The minimum absolute atomic E-state index is 0.0698. The van der Waals surface area contributed by atoms with Crippen molar-refractivity contribution in [2.24, 2.45) is 7.05 Å². The predicted molar refractivity (Wildman–Crippen MR) is 88.2 cm³/mol. The number of nitrogen functional groups attached to an aromatic ring is 2. The minimum Gasteiger partial charge on any atom is -0.382 e. The normalized spacial score (nSPS) is 10.8. The number of nitrogens with zero attached hydrogens (tertiary/aromatic N) is 5. The van der Waals surface area contributed by atoms with Crippen molar-refractivity contribution < 1.29 is 0 Å². The van der Waals surface area contributed by atoms with Gasteiger partial charge in [-0.3, -0.25) is 4.57 Å². The Hall–Kier alpha value is -2.45. The van der Waals surface area contributed by atoms with Crippen LogP contribution in [0.4, 0.5) is 11.6 Å². The van der Waals surface area contributed by atoms with Gasteiger partial charge in [0.2, 0.25) is 4.77 Å². The van der Waals surface area contributed by atoms with Crippen molar-refractivity contribution in [2.75, 3.05) is 11.5 Å². The Labute approximate surface area is 136 Å². The summed E-state index contributed by atoms with van der Waals surface area (Å²) in [5, 5.41) is 4.45. The van der Waals surface area contributed by atoms with Crippen LogP contribution in [0.5, 0.6) is 0 Å². The van der Waals surface area contributed by atoms with E-state index in [-0.39, 0.29) is 16.8 Å². The van der Waals surface area contributed by atoms with E-state index in [2.05, 4.69) is 15.1 Å². The second kappa shape index (κ2) is 5.39. The molecule has 3 aromatic rings. The van der Waals surface area contributed by atoms with Gasteiger partial charge >= 0.3 is 0 Å². The van der Waals surface area contributed by atoms with Gasteiger partial charge in [0.25, 0.3) is 0 Å². The first-order chi connectivity index (χ1) is 10.5. The predicted octanol–water partition coefficient (Wildman–Crippen LogP) is 2.22. The molecule has 0 aliphatic heterocycles. The van der Waals surface area contributed by atoms with Crippen LogP contribution in [0.25, 0.3) is 17.2 Å². The number of hydrogen-bond donors (Lipinski definition) is 2. The van der Waals surface area contributed by atoms with Crippen molar-refractivity contribution in [3.8, 4) is 17.2 Å². The summed E-state index contributed by atoms with van der Waals surface area (Å²) in [5.74, 6) is 0.661. The standard InChI is InChI=1S/C13H12ClN7S/c1-20-13(22)21(7-5-3-2-4-6-7)12(19-20)8-10(15)18-11(16)9(14)17-8/h2-6H,1H3,(H4,15,16,18). The summed E-state index contributed by atoms with van der Waals surface area (Å²) in [6.45, 7) is 0. The SMILES string of the molecule is Cn1nc(-c2nc(Cl)c(N)nc2N)n(-c2ccccc2)c1=S. The van der Waals surface area contributed by atoms with Gasteiger partial charge < -0.3 is 11.5 Å². The number of aryl methyl sites for hydroxylation is 1. The van der Waals surface area contributed by atoms with Crippen molar-refractivity contribution in [3.63, 3.8) is 0 Å². The molecule has 9 heteroatoms. The summed E-state index contributed by atoms with van der Waals surface area (Å²) in [7, 11) is 1.74. The zero-order valence-corrected chi connectivity index (χ0v) is 13.1. The zero-order chi connectivity index (χ0) is 15.9. The molecule has 0 bridgehead atoms. The Morgan fingerprint density at radius 3 is 2.45 bits per heavy atom. The lowest BCUT2D eigenvalue weighted by molar-refractivity contribution is 0.750. The summed E-state index contributed by atoms with van der Waals surface area (Å²) >= 11 is 11.4. The Morgan fingerprint density at radius 1 is 1.09 bits per heavy atom. The second-order valence-corrected chi connectivity index (χ2v) is 5.26. The van der Waals surface area contributed by atoms with Crippen LogP contribution < -0.4 is 11.5 Å². The molecule has 0 fully saturated rings. The summed E-state index contributed by atoms with van der Waals surface area (Å²) in [5.41, 5.74) is 12.7. The molecule has 0 saturated heterocycles. The molecule has 0 radical (unpaired) electrons. The van der Waals surface area contributed by atoms with Gasteiger partial charge in [0, 0.05) is 7.05 Å². The van der Waals surface area contributed by atoms with Crippen molar-refractivity contribution >= 4 is 35.5 Å². The van der Waals surface area contributed by atoms with Gasteiger partial charge in [0.1, 0.15) is 0 Å². The second-order valence-electron chi connectivity index (χ2n) is 4.53. The van der Waals surface area contributed by atoms with E-state index in [9.17, 15) is 0 Å². The fourth-order valence-corrected chi connectivity index (χ4v) is 2.39. The lowest BCUT2D eigenvalue weighted by Crippen LogP contribution is -2.06. The van der Waals surface area contributed by atoms with Gasteiger partial charge in [0.15, 0.2) is 28.3 Å². The molecule has 2 aromatic heterocycles. The number of halogens is 1. The number of rotatable bonds is 2. The van der Waals surface area contributed by atoms with E-state index < -0.39 is 0 Å². The first kappa shape index (κ1) is 14.5. The lowest BCUT2D eigenvalue weighted by atomic mass is 10.3. The maximum absolute atomic E-state index is 5.96. The third-order valence-electron chi connectivity index (χ3n) is 3.06. The fraction of sp³-hybridized carbons (Fsp3) is 0.0769. The first-order valence-corrected chi connectivity index (χ1v) is 7.08. The molecule has 0 spiro atoms. The highest BCUT2D eigenvalue weighted by atomic mass is 35.5. The van der Waals surface area contributed by atoms with Crippen molar-refractivity contribution in [1.82, 2.24) is 24.3 Å². The summed E-state index contributed by atoms with van der Waals surface area (Å²) in [6.07, 6.45) is 0. The van der Waals surface area contributed by atoms with E-state index >= 15 is 0 Å². The monoisotopic (exact) mass is 333 g/mol. The molecule has 1 aromatic carbocycles. The van der Waals surface area contributed by atoms with Gasteiger partial charge in [-0.25, -0.2) is 14.6 Å². The van der Waals surface area contributed by atoms with E-state index in [0.717, 1.165) is 5.69 Å². The summed E-state index contributed by atoms with van der Waals surface area (Å²) in [4.78, 5) is 8.18. The van der Waals surface area contributed by atoms with Crippen LogP contribution in [0.2, 0.25) is 5.15 Å². The summed E-state index contributed by atoms with van der Waals surface area (Å²) < 4.78 is 3.81. The number of hydrogen-bond acceptors (Lipinski definition) is 6. The number of para-hydroxylation sites is 1. The summed E-state index contributed by atoms with van der Waals surface area (Å²) in [6, 6.07) is 9.53. The van der Waals surface area contributed by atoms with Gasteiger partial charge in [-0.1, -0.05) is 29.8 Å². The maximum Gasteiger partial charge on any atom is 0.202 e. The number of anilines is 2. The quantitative estimate of drug-likeness (QED) is 0.697. The van der Waals surface area contributed by atoms with Crippen LogP contribution >= 0.6 is 23.8 Å². The van der Waals surface area contributed by atoms with E-state index in [1.807, 2.05) is 30.3 Å². The molecular weight excluding hydrogens is 322 g/mol. The van der Waals surface area contributed by atoms with Crippen LogP contribution in [0, 0.1) is 4.77 Å². The molecule has 4 N–H and O–H groups in total. The lowest BCUT2D eigenvalue weighted by Gasteiger charge is -2.08. The van der Waals surface area contributed by atoms with E-state index in [0.29, 0.717) is 16.3 Å². The van der Waals surface area contributed by atoms with Crippen LogP contribution in [-0.2, 0) is 7.05 Å². The third-order valence-corrected chi connectivity index (χ3v) is 3.78. The molecular formula is C13H12ClN7S. The van der Waals surface area contributed by atoms with Crippen molar-refractivity contribution in [2.45, 2.75) is 0 Å². The molecule has 3 rings (SSSR count). The topological polar surface area (TPSA) is 101 Å². The number of nitrogens with two attached hydrogens (primary N) is 2. The minimum atomic E-state index is 0.0698. The molecule has 22 heavy (non-hydrogen) atoms. The highest BCUT2D eigenvalue weighted by Gasteiger charge is 2.19. The van der Waals surface area contributed by atoms with Crippen LogP contribution in [0.3, 0.4) is 0 Å². The van der Waals surface area contributed by atoms with Gasteiger partial charge in [-0.15, -0.1) is 5.10 Å². The van der Waals surface area contributed by atoms with Gasteiger partial charge in [-0.05, 0) is 24.4 Å². The average molecular weight is 334 g/mol. The Balaban J connectivity index is 2.32. The van der Waals surface area contributed by atoms with Crippen LogP contribution in [0.15, 0.2) is 30.3 Å². The van der Waals surface area contributed by atoms with E-state index in [4.69, 9.17) is 35.3 Å². The van der Waals surface area contributed by atoms with E-state index in [1.54, 1.807) is 16.3 Å². The molecule has 0 saturated carbocycles. The average Bonchev–Trinajstić information content (AvgIpc) is 2.79. The largest absolute Gasteiger partial charge is 0.382 e. The smallest absolute Gasteiger partial charge is 0.202 e. The third kappa shape index (κ3) is 2.32. The molecule has 0 atom stereocenters. The zero-order valence-electron chi connectivity index (χ0n) is 11.6. The molecule has 112 valence electrons. The maximum atomic E-state index is 5.96. The first-order valence-electron chi connectivity index (χ1n) is 6.29. The van der Waals surface area contributed by atoms with Crippen LogP contribution in [-0.4, -0.2) is 24.3 Å².